The molecule has 0 spiro atoms. The van der Waals surface area contributed by atoms with Crippen LogP contribution in [0.4, 0.5) is 5.69 Å². The van der Waals surface area contributed by atoms with Crippen LogP contribution in [-0.4, -0.2) is 17.8 Å². The summed E-state index contributed by atoms with van der Waals surface area (Å²) >= 11 is 0. The number of fused-ring (bicyclic) bond motifs is 1. The van der Waals surface area contributed by atoms with Gasteiger partial charge in [0.25, 0.3) is 0 Å². The van der Waals surface area contributed by atoms with Crippen molar-refractivity contribution in [3.05, 3.63) is 53.6 Å². The Labute approximate surface area is 158 Å². The van der Waals surface area contributed by atoms with E-state index in [1.54, 1.807) is 5.56 Å². The normalized spacial score (nSPS) is 31.3. The van der Waals surface area contributed by atoms with Gasteiger partial charge in [-0.25, -0.2) is 0 Å². The average Bonchev–Trinajstić information content (AvgIpc) is 3.52. The molecular weight excluding hydrogens is 318 g/mol. The van der Waals surface area contributed by atoms with Crippen LogP contribution in [0.25, 0.3) is 0 Å². The molecule has 140 valence electrons. The van der Waals surface area contributed by atoms with Gasteiger partial charge in [-0.05, 0) is 73.0 Å². The number of allylic oxidation sites excluding steroid dienone is 3. The lowest BCUT2D eigenvalue weighted by molar-refractivity contribution is 0.208. The molecule has 1 aliphatic heterocycles. The van der Waals surface area contributed by atoms with Crippen molar-refractivity contribution in [2.75, 3.05) is 11.9 Å². The topological polar surface area (TPSA) is 32.3 Å². The van der Waals surface area contributed by atoms with E-state index in [0.29, 0.717) is 36.3 Å². The fraction of sp³-hybridized carbons (Fsp3) is 0.583. The molecule has 5 atom stereocenters. The number of rotatable bonds is 6. The van der Waals surface area contributed by atoms with Gasteiger partial charge < -0.3 is 10.4 Å². The van der Waals surface area contributed by atoms with Crippen molar-refractivity contribution in [2.45, 2.75) is 63.8 Å². The lowest BCUT2D eigenvalue weighted by atomic mass is 9.70. The minimum atomic E-state index is 0.299. The van der Waals surface area contributed by atoms with Gasteiger partial charge in [-0.3, -0.25) is 0 Å². The largest absolute Gasteiger partial charge is 0.396 e. The first-order valence-electron chi connectivity index (χ1n) is 10.5. The third kappa shape index (κ3) is 3.62. The SMILES string of the molecule is C[C@@H](CO)CC[C@@H]1[C@H](C)c2cc(C3CC3)ccc2N[C@H]1C1C=CC=CC1. The molecule has 3 aliphatic rings. The van der Waals surface area contributed by atoms with Crippen LogP contribution in [0.5, 0.6) is 0 Å². The number of aliphatic hydroxyl groups excluding tert-OH is 1. The Bertz CT molecular complexity index is 687. The van der Waals surface area contributed by atoms with Gasteiger partial charge >= 0.3 is 0 Å². The second-order valence-electron chi connectivity index (χ2n) is 8.82. The van der Waals surface area contributed by atoms with E-state index < -0.39 is 0 Å². The highest BCUT2D eigenvalue weighted by molar-refractivity contribution is 5.58. The number of hydrogen-bond donors (Lipinski definition) is 2. The maximum atomic E-state index is 9.47. The maximum absolute atomic E-state index is 9.47. The van der Waals surface area contributed by atoms with E-state index in [9.17, 15) is 5.11 Å². The molecule has 0 aromatic heterocycles. The van der Waals surface area contributed by atoms with Gasteiger partial charge in [0.15, 0.2) is 0 Å². The van der Waals surface area contributed by atoms with Crippen molar-refractivity contribution in [1.29, 1.82) is 0 Å². The summed E-state index contributed by atoms with van der Waals surface area (Å²) in [7, 11) is 0. The van der Waals surface area contributed by atoms with E-state index in [1.165, 1.54) is 30.5 Å². The van der Waals surface area contributed by atoms with Crippen LogP contribution in [0.15, 0.2) is 42.5 Å². The van der Waals surface area contributed by atoms with Crippen LogP contribution in [0.1, 0.15) is 68.9 Å². The van der Waals surface area contributed by atoms with Crippen LogP contribution in [0.2, 0.25) is 0 Å². The summed E-state index contributed by atoms with van der Waals surface area (Å²) in [5.74, 6) is 2.95. The molecule has 0 radical (unpaired) electrons. The minimum absolute atomic E-state index is 0.299. The molecule has 2 nitrogen and oxygen atoms in total. The smallest absolute Gasteiger partial charge is 0.0456 e. The number of benzene rings is 1. The van der Waals surface area contributed by atoms with E-state index in [0.717, 1.165) is 18.8 Å². The molecule has 1 aromatic carbocycles. The predicted octanol–water partition coefficient (Wildman–Crippen LogP) is 5.62. The van der Waals surface area contributed by atoms with Gasteiger partial charge in [0.2, 0.25) is 0 Å². The van der Waals surface area contributed by atoms with Gasteiger partial charge in [-0.2, -0.15) is 0 Å². The summed E-state index contributed by atoms with van der Waals surface area (Å²) in [6.45, 7) is 4.89. The first kappa shape index (κ1) is 17.9. The van der Waals surface area contributed by atoms with Crippen molar-refractivity contribution in [1.82, 2.24) is 0 Å². The van der Waals surface area contributed by atoms with Crippen molar-refractivity contribution < 1.29 is 5.11 Å². The molecule has 1 aromatic rings. The highest BCUT2D eigenvalue weighted by Gasteiger charge is 2.38. The van der Waals surface area contributed by atoms with Crippen LogP contribution in [0.3, 0.4) is 0 Å². The van der Waals surface area contributed by atoms with Crippen LogP contribution in [0, 0.1) is 17.8 Å². The first-order valence-corrected chi connectivity index (χ1v) is 10.5. The van der Waals surface area contributed by atoms with E-state index >= 15 is 0 Å². The number of aliphatic hydroxyl groups is 1. The van der Waals surface area contributed by atoms with Gasteiger partial charge in [-0.15, -0.1) is 0 Å². The second-order valence-corrected chi connectivity index (χ2v) is 8.82. The Morgan fingerprint density at radius 1 is 1.23 bits per heavy atom. The molecule has 0 amide bonds. The Kier molecular flexibility index (Phi) is 5.22. The number of anilines is 1. The zero-order chi connectivity index (χ0) is 18.1. The van der Waals surface area contributed by atoms with Crippen LogP contribution < -0.4 is 5.32 Å². The van der Waals surface area contributed by atoms with Gasteiger partial charge in [0.05, 0.1) is 0 Å². The molecule has 1 unspecified atom stereocenters. The molecular formula is C24H33NO. The molecule has 2 heteroatoms. The summed E-state index contributed by atoms with van der Waals surface area (Å²) in [4.78, 5) is 0. The lowest BCUT2D eigenvalue weighted by Gasteiger charge is -2.43. The number of nitrogens with one attached hydrogen (secondary N) is 1. The molecule has 2 N–H and O–H groups in total. The van der Waals surface area contributed by atoms with Crippen molar-refractivity contribution in [3.8, 4) is 0 Å². The highest BCUT2D eigenvalue weighted by Crippen LogP contribution is 2.47. The molecule has 0 bridgehead atoms. The Balaban J connectivity index is 1.61. The Morgan fingerprint density at radius 2 is 2.08 bits per heavy atom. The van der Waals surface area contributed by atoms with E-state index in [2.05, 4.69) is 61.7 Å². The minimum Gasteiger partial charge on any atom is -0.396 e. The molecule has 0 saturated heterocycles. The summed E-state index contributed by atoms with van der Waals surface area (Å²) in [5.41, 5.74) is 4.41. The highest BCUT2D eigenvalue weighted by atomic mass is 16.3. The monoisotopic (exact) mass is 351 g/mol. The fourth-order valence-electron chi connectivity index (χ4n) is 4.88. The Hall–Kier alpha value is -1.54. The first-order chi connectivity index (χ1) is 12.7. The van der Waals surface area contributed by atoms with Crippen molar-refractivity contribution in [2.24, 2.45) is 17.8 Å². The molecule has 1 fully saturated rings. The lowest BCUT2D eigenvalue weighted by Crippen LogP contribution is -2.42. The zero-order valence-electron chi connectivity index (χ0n) is 16.2. The summed E-state index contributed by atoms with van der Waals surface area (Å²) in [6.07, 6.45) is 15.2. The van der Waals surface area contributed by atoms with E-state index in [-0.39, 0.29) is 0 Å². The third-order valence-electron chi connectivity index (χ3n) is 6.82. The van der Waals surface area contributed by atoms with Crippen LogP contribution in [-0.2, 0) is 0 Å². The summed E-state index contributed by atoms with van der Waals surface area (Å²) < 4.78 is 0. The molecule has 4 rings (SSSR count). The summed E-state index contributed by atoms with van der Waals surface area (Å²) in [5, 5.41) is 13.4. The number of hydrogen-bond acceptors (Lipinski definition) is 2. The van der Waals surface area contributed by atoms with Gasteiger partial charge in [0, 0.05) is 24.3 Å². The third-order valence-corrected chi connectivity index (χ3v) is 6.82. The second kappa shape index (κ2) is 7.60. The molecule has 2 aliphatic carbocycles. The van der Waals surface area contributed by atoms with E-state index in [1.807, 2.05) is 0 Å². The quantitative estimate of drug-likeness (QED) is 0.697. The molecule has 1 heterocycles. The van der Waals surface area contributed by atoms with Gasteiger partial charge in [-0.1, -0.05) is 50.3 Å². The zero-order valence-corrected chi connectivity index (χ0v) is 16.2. The molecule has 1 saturated carbocycles. The fourth-order valence-corrected chi connectivity index (χ4v) is 4.88. The van der Waals surface area contributed by atoms with Crippen molar-refractivity contribution in [3.63, 3.8) is 0 Å². The Morgan fingerprint density at radius 3 is 2.77 bits per heavy atom. The van der Waals surface area contributed by atoms with Crippen molar-refractivity contribution >= 4 is 5.69 Å². The summed E-state index contributed by atoms with van der Waals surface area (Å²) in [6, 6.07) is 7.65. The van der Waals surface area contributed by atoms with E-state index in [4.69, 9.17) is 0 Å². The van der Waals surface area contributed by atoms with Gasteiger partial charge in [0.1, 0.15) is 0 Å². The average molecular weight is 352 g/mol. The van der Waals surface area contributed by atoms with Crippen LogP contribution >= 0.6 is 0 Å². The maximum Gasteiger partial charge on any atom is 0.0456 e. The predicted molar refractivity (Wildman–Crippen MR) is 110 cm³/mol. The standard InChI is InChI=1S/C24H33NO/c1-16(15-26)8-12-21-17(2)22-14-20(18-9-10-18)11-13-23(22)25-24(21)19-6-4-3-5-7-19/h3-6,11,13-14,16-19,21,24-26H,7-10,12,15H2,1-2H3/t16-,17+,19?,21-,24+/m1/s1. The molecule has 26 heavy (non-hydrogen) atoms.